The molecular weight excluding hydrogens is 366 g/mol. The Balaban J connectivity index is 1.52. The smallest absolute Gasteiger partial charge is 0.226 e. The highest BCUT2D eigenvalue weighted by molar-refractivity contribution is 6.30. The first kappa shape index (κ1) is 17.9. The van der Waals surface area contributed by atoms with E-state index in [1.165, 1.54) is 0 Å². The third-order valence-electron chi connectivity index (χ3n) is 4.43. The number of hydrogen-bond acceptors (Lipinski definition) is 5. The topological polar surface area (TPSA) is 64.7 Å². The molecule has 0 saturated heterocycles. The van der Waals surface area contributed by atoms with Gasteiger partial charge in [0, 0.05) is 17.0 Å². The Morgan fingerprint density at radius 2 is 2.07 bits per heavy atom. The monoisotopic (exact) mass is 385 g/mol. The molecule has 0 amide bonds. The molecule has 140 valence electrons. The van der Waals surface area contributed by atoms with Gasteiger partial charge in [-0.15, -0.1) is 0 Å². The maximum atomic E-state index is 10.5. The summed E-state index contributed by atoms with van der Waals surface area (Å²) in [4.78, 5) is 4.45. The molecule has 0 spiro atoms. The molecule has 0 fully saturated rings. The Labute approximate surface area is 162 Å². The molecule has 4 rings (SSSR count). The van der Waals surface area contributed by atoms with Gasteiger partial charge in [0.1, 0.15) is 35.7 Å². The van der Waals surface area contributed by atoms with Crippen molar-refractivity contribution in [1.29, 1.82) is 0 Å². The van der Waals surface area contributed by atoms with E-state index < -0.39 is 11.7 Å². The van der Waals surface area contributed by atoms with Gasteiger partial charge in [-0.05, 0) is 44.2 Å². The molecule has 6 heteroatoms. The predicted octanol–water partition coefficient (Wildman–Crippen LogP) is 5.17. The Morgan fingerprint density at radius 1 is 1.26 bits per heavy atom. The lowest BCUT2D eigenvalue weighted by Gasteiger charge is -2.36. The third-order valence-corrected chi connectivity index (χ3v) is 4.66. The van der Waals surface area contributed by atoms with Gasteiger partial charge in [-0.25, -0.2) is 4.98 Å². The van der Waals surface area contributed by atoms with Gasteiger partial charge in [0.15, 0.2) is 0 Å². The van der Waals surface area contributed by atoms with Gasteiger partial charge in [-0.1, -0.05) is 23.7 Å². The number of benzene rings is 2. The zero-order chi connectivity index (χ0) is 19.0. The van der Waals surface area contributed by atoms with Gasteiger partial charge < -0.3 is 19.0 Å². The number of aromatic nitrogens is 1. The van der Waals surface area contributed by atoms with E-state index in [1.54, 1.807) is 18.4 Å². The first-order chi connectivity index (χ1) is 12.9. The van der Waals surface area contributed by atoms with Gasteiger partial charge in [0.2, 0.25) is 5.89 Å². The lowest BCUT2D eigenvalue weighted by Crippen LogP contribution is -2.35. The molecular formula is C21H20ClNO4. The Bertz CT molecular complexity index is 966. The summed E-state index contributed by atoms with van der Waals surface area (Å²) >= 11 is 6.01. The zero-order valence-corrected chi connectivity index (χ0v) is 15.9. The molecule has 1 aliphatic rings. The average Bonchev–Trinajstić information content (AvgIpc) is 3.07. The number of fused-ring (bicyclic) bond motifs is 1. The molecule has 0 radical (unpaired) electrons. The van der Waals surface area contributed by atoms with Gasteiger partial charge >= 0.3 is 0 Å². The molecule has 2 aromatic carbocycles. The summed E-state index contributed by atoms with van der Waals surface area (Å²) < 4.78 is 17.4. The van der Waals surface area contributed by atoms with Crippen LogP contribution in [0.3, 0.4) is 0 Å². The van der Waals surface area contributed by atoms with Gasteiger partial charge in [-0.2, -0.15) is 0 Å². The van der Waals surface area contributed by atoms with Crippen LogP contribution < -0.4 is 9.47 Å². The highest BCUT2D eigenvalue weighted by Gasteiger charge is 2.34. The van der Waals surface area contributed by atoms with E-state index >= 15 is 0 Å². The van der Waals surface area contributed by atoms with Crippen LogP contribution in [-0.4, -0.2) is 15.7 Å². The van der Waals surface area contributed by atoms with Crippen molar-refractivity contribution < 1.29 is 19.0 Å². The number of nitrogens with zero attached hydrogens (tertiary/aromatic N) is 1. The molecule has 0 unspecified atom stereocenters. The van der Waals surface area contributed by atoms with E-state index in [-0.39, 0.29) is 6.61 Å². The van der Waals surface area contributed by atoms with Crippen molar-refractivity contribution in [3.05, 3.63) is 65.0 Å². The minimum Gasteiger partial charge on any atom is -0.487 e. The number of aliphatic hydroxyl groups excluding tert-OH is 1. The summed E-state index contributed by atoms with van der Waals surface area (Å²) in [7, 11) is 0. The summed E-state index contributed by atoms with van der Waals surface area (Å²) in [5.74, 6) is 1.72. The lowest BCUT2D eigenvalue weighted by atomic mass is 9.91. The number of oxazole rings is 1. The SMILES string of the molecule is CC1(C)C[C@@H](O)c2c(OCc3coc(-c4cccc(Cl)c4)n3)cccc2O1. The van der Waals surface area contributed by atoms with Crippen molar-refractivity contribution in [1.82, 2.24) is 4.98 Å². The first-order valence-corrected chi connectivity index (χ1v) is 9.12. The molecule has 27 heavy (non-hydrogen) atoms. The van der Waals surface area contributed by atoms with Crippen molar-refractivity contribution in [2.45, 2.75) is 38.6 Å². The summed E-state index contributed by atoms with van der Waals surface area (Å²) in [5.41, 5.74) is 1.71. The summed E-state index contributed by atoms with van der Waals surface area (Å²) in [6, 6.07) is 12.8. The number of rotatable bonds is 4. The lowest BCUT2D eigenvalue weighted by molar-refractivity contribution is 0.00947. The highest BCUT2D eigenvalue weighted by atomic mass is 35.5. The molecule has 1 aromatic heterocycles. The predicted molar refractivity (Wildman–Crippen MR) is 102 cm³/mol. The summed E-state index contributed by atoms with van der Waals surface area (Å²) in [5, 5.41) is 11.2. The van der Waals surface area contributed by atoms with Crippen LogP contribution in [0, 0.1) is 0 Å². The van der Waals surface area contributed by atoms with Crippen molar-refractivity contribution in [3.63, 3.8) is 0 Å². The second kappa shape index (κ2) is 6.91. The molecule has 1 aliphatic heterocycles. The van der Waals surface area contributed by atoms with Crippen LogP contribution in [0.5, 0.6) is 11.5 Å². The van der Waals surface area contributed by atoms with E-state index in [0.717, 1.165) is 5.56 Å². The van der Waals surface area contributed by atoms with Crippen LogP contribution in [-0.2, 0) is 6.61 Å². The fourth-order valence-corrected chi connectivity index (χ4v) is 3.44. The van der Waals surface area contributed by atoms with Crippen LogP contribution >= 0.6 is 11.6 Å². The van der Waals surface area contributed by atoms with Crippen LogP contribution in [0.25, 0.3) is 11.5 Å². The van der Waals surface area contributed by atoms with Crippen molar-refractivity contribution in [3.8, 4) is 23.0 Å². The highest BCUT2D eigenvalue weighted by Crippen LogP contribution is 2.44. The summed E-state index contributed by atoms with van der Waals surface area (Å²) in [6.07, 6.45) is 1.42. The standard InChI is InChI=1S/C21H20ClNO4/c1-21(2)10-16(24)19-17(7-4-8-18(19)27-21)25-11-15-12-26-20(23-15)13-5-3-6-14(22)9-13/h3-9,12,16,24H,10-11H2,1-2H3/t16-/m1/s1. The van der Waals surface area contributed by atoms with E-state index in [4.69, 9.17) is 25.5 Å². The molecule has 0 saturated carbocycles. The quantitative estimate of drug-likeness (QED) is 0.671. The van der Waals surface area contributed by atoms with E-state index in [1.807, 2.05) is 44.2 Å². The van der Waals surface area contributed by atoms with E-state index in [0.29, 0.717) is 40.1 Å². The molecule has 1 N–H and O–H groups in total. The minimum atomic E-state index is -0.640. The molecule has 3 aromatic rings. The van der Waals surface area contributed by atoms with Crippen molar-refractivity contribution in [2.24, 2.45) is 0 Å². The van der Waals surface area contributed by atoms with Gasteiger partial charge in [0.25, 0.3) is 0 Å². The molecule has 5 nitrogen and oxygen atoms in total. The number of ether oxygens (including phenoxy) is 2. The fourth-order valence-electron chi connectivity index (χ4n) is 3.25. The molecule has 0 aliphatic carbocycles. The van der Waals surface area contributed by atoms with Crippen molar-refractivity contribution in [2.75, 3.05) is 0 Å². The van der Waals surface area contributed by atoms with Crippen LogP contribution in [0.2, 0.25) is 5.02 Å². The Morgan fingerprint density at radius 3 is 2.89 bits per heavy atom. The fraction of sp³-hybridized carbons (Fsp3) is 0.286. The average molecular weight is 386 g/mol. The van der Waals surface area contributed by atoms with Gasteiger partial charge in [-0.3, -0.25) is 0 Å². The number of hydrogen-bond donors (Lipinski definition) is 1. The second-order valence-electron chi connectivity index (χ2n) is 7.19. The first-order valence-electron chi connectivity index (χ1n) is 8.74. The van der Waals surface area contributed by atoms with Crippen LogP contribution in [0.15, 0.2) is 53.1 Å². The maximum absolute atomic E-state index is 10.5. The third kappa shape index (κ3) is 3.80. The van der Waals surface area contributed by atoms with E-state index in [2.05, 4.69) is 4.98 Å². The largest absolute Gasteiger partial charge is 0.487 e. The number of halogens is 1. The second-order valence-corrected chi connectivity index (χ2v) is 7.63. The normalized spacial score (nSPS) is 17.9. The minimum absolute atomic E-state index is 0.219. The zero-order valence-electron chi connectivity index (χ0n) is 15.1. The molecule has 1 atom stereocenters. The number of aliphatic hydroxyl groups is 1. The Kier molecular flexibility index (Phi) is 4.58. The molecule has 0 bridgehead atoms. The summed E-state index contributed by atoms with van der Waals surface area (Å²) in [6.45, 7) is 4.13. The van der Waals surface area contributed by atoms with Crippen LogP contribution in [0.1, 0.15) is 37.6 Å². The van der Waals surface area contributed by atoms with E-state index in [9.17, 15) is 5.11 Å². The molecule has 2 heterocycles. The maximum Gasteiger partial charge on any atom is 0.226 e. The Hall–Kier alpha value is -2.50. The van der Waals surface area contributed by atoms with Crippen LogP contribution in [0.4, 0.5) is 0 Å². The van der Waals surface area contributed by atoms with Crippen molar-refractivity contribution >= 4 is 11.6 Å². The van der Waals surface area contributed by atoms with Gasteiger partial charge in [0.05, 0.1) is 11.7 Å².